The number of nitrogens with two attached hydrogens (primary N) is 1. The first-order valence-corrected chi connectivity index (χ1v) is 12.0. The van der Waals surface area contributed by atoms with Crippen LogP contribution in [-0.4, -0.2) is 39.3 Å². The van der Waals surface area contributed by atoms with Gasteiger partial charge in [0.05, 0.1) is 26.4 Å². The van der Waals surface area contributed by atoms with E-state index in [1.807, 2.05) is 24.3 Å². The monoisotopic (exact) mass is 486 g/mol. The van der Waals surface area contributed by atoms with Crippen molar-refractivity contribution in [2.75, 3.05) is 20.0 Å². The van der Waals surface area contributed by atoms with Crippen LogP contribution < -0.4 is 19.3 Å². The molecule has 0 aliphatic heterocycles. The average molecular weight is 487 g/mol. The van der Waals surface area contributed by atoms with Crippen molar-refractivity contribution in [3.05, 3.63) is 78.0 Å². The molecule has 0 fully saturated rings. The molecular formula is C24H26N2O7S. The summed E-state index contributed by atoms with van der Waals surface area (Å²) in [4.78, 5) is 15.7. The number of methoxy groups -OCH3 is 2. The Morgan fingerprint density at radius 2 is 1.74 bits per heavy atom. The fraction of sp³-hybridized carbons (Fsp3) is 0.250. The lowest BCUT2D eigenvalue weighted by Crippen LogP contribution is -2.24. The van der Waals surface area contributed by atoms with Gasteiger partial charge in [-0.3, -0.25) is 4.79 Å². The molecule has 0 bridgehead atoms. The number of hydrogen-bond donors (Lipinski definition) is 1. The van der Waals surface area contributed by atoms with Gasteiger partial charge >= 0.3 is 5.97 Å². The van der Waals surface area contributed by atoms with Gasteiger partial charge < -0.3 is 18.9 Å². The molecule has 1 atom stereocenters. The normalized spacial score (nSPS) is 12.0. The van der Waals surface area contributed by atoms with Crippen LogP contribution in [0.25, 0.3) is 0 Å². The van der Waals surface area contributed by atoms with Crippen LogP contribution in [-0.2, 0) is 26.2 Å². The van der Waals surface area contributed by atoms with E-state index in [4.69, 9.17) is 19.3 Å². The van der Waals surface area contributed by atoms with Crippen LogP contribution in [0.3, 0.4) is 0 Å². The van der Waals surface area contributed by atoms with Gasteiger partial charge in [0.25, 0.3) is 0 Å². The van der Waals surface area contributed by atoms with Gasteiger partial charge in [-0.25, -0.2) is 18.5 Å². The minimum absolute atomic E-state index is 0.0940. The fourth-order valence-corrected chi connectivity index (χ4v) is 4.11. The lowest BCUT2D eigenvalue weighted by molar-refractivity contribution is -0.140. The Hall–Kier alpha value is -3.63. The zero-order valence-electron chi connectivity index (χ0n) is 18.8. The Kier molecular flexibility index (Phi) is 8.44. The second-order valence-corrected chi connectivity index (χ2v) is 9.11. The van der Waals surface area contributed by atoms with Crippen molar-refractivity contribution in [1.82, 2.24) is 4.98 Å². The Bertz CT molecular complexity index is 1210. The van der Waals surface area contributed by atoms with E-state index in [2.05, 4.69) is 9.72 Å². The topological polar surface area (TPSA) is 127 Å². The molecule has 0 aliphatic rings. The van der Waals surface area contributed by atoms with E-state index in [9.17, 15) is 13.2 Å². The molecule has 0 aliphatic carbocycles. The standard InChI is InChI=1S/C24H26N2O7S/c1-30-23-14-22(10-11-26-23)33-21-5-3-4-17(12-21)15-32-20-8-6-18(7-9-20)19(13-24(27)31-2)16-34(25,28)29/h3-12,14,19H,13,15-16H2,1-2H3,(H2,25,28,29). The van der Waals surface area contributed by atoms with Crippen LogP contribution in [0.1, 0.15) is 23.5 Å². The molecule has 0 spiro atoms. The Labute approximate surface area is 198 Å². The molecule has 10 heteroatoms. The van der Waals surface area contributed by atoms with E-state index in [1.165, 1.54) is 14.2 Å². The zero-order valence-corrected chi connectivity index (χ0v) is 19.7. The number of carbonyl (C=O) groups is 1. The Balaban J connectivity index is 1.64. The maximum atomic E-state index is 11.7. The van der Waals surface area contributed by atoms with Gasteiger partial charge in [-0.15, -0.1) is 0 Å². The highest BCUT2D eigenvalue weighted by Gasteiger charge is 2.21. The highest BCUT2D eigenvalue weighted by atomic mass is 32.2. The van der Waals surface area contributed by atoms with E-state index in [1.54, 1.807) is 42.6 Å². The lowest BCUT2D eigenvalue weighted by atomic mass is 9.97. The number of carbonyl (C=O) groups excluding carboxylic acids is 1. The molecule has 2 aromatic carbocycles. The van der Waals surface area contributed by atoms with Crippen LogP contribution >= 0.6 is 0 Å². The number of rotatable bonds is 11. The summed E-state index contributed by atoms with van der Waals surface area (Å²) in [6, 6.07) is 17.7. The minimum Gasteiger partial charge on any atom is -0.489 e. The van der Waals surface area contributed by atoms with E-state index in [0.29, 0.717) is 35.3 Å². The molecule has 3 aromatic rings. The van der Waals surface area contributed by atoms with Gasteiger partial charge in [-0.2, -0.15) is 0 Å². The molecule has 1 unspecified atom stereocenters. The first-order chi connectivity index (χ1) is 16.3. The summed E-state index contributed by atoms with van der Waals surface area (Å²) in [5.41, 5.74) is 1.54. The van der Waals surface area contributed by atoms with Gasteiger partial charge in [-0.05, 0) is 41.5 Å². The van der Waals surface area contributed by atoms with Gasteiger partial charge in [0.1, 0.15) is 23.9 Å². The van der Waals surface area contributed by atoms with Crippen LogP contribution in [0.15, 0.2) is 66.9 Å². The zero-order chi connectivity index (χ0) is 24.6. The fourth-order valence-electron chi connectivity index (χ4n) is 3.24. The summed E-state index contributed by atoms with van der Waals surface area (Å²) < 4.78 is 44.6. The summed E-state index contributed by atoms with van der Waals surface area (Å²) in [6.07, 6.45) is 1.51. The highest BCUT2D eigenvalue weighted by Crippen LogP contribution is 2.26. The van der Waals surface area contributed by atoms with Crippen molar-refractivity contribution < 1.29 is 32.2 Å². The number of hydrogen-bond acceptors (Lipinski definition) is 8. The number of pyridine rings is 1. The molecule has 34 heavy (non-hydrogen) atoms. The van der Waals surface area contributed by atoms with Crippen LogP contribution in [0.5, 0.6) is 23.1 Å². The highest BCUT2D eigenvalue weighted by molar-refractivity contribution is 7.89. The Morgan fingerprint density at radius 1 is 1.00 bits per heavy atom. The van der Waals surface area contributed by atoms with Gasteiger partial charge in [0, 0.05) is 18.2 Å². The van der Waals surface area contributed by atoms with Gasteiger partial charge in [-0.1, -0.05) is 24.3 Å². The third-order valence-corrected chi connectivity index (χ3v) is 5.75. The predicted molar refractivity (Wildman–Crippen MR) is 125 cm³/mol. The Morgan fingerprint density at radius 3 is 2.41 bits per heavy atom. The number of ether oxygens (including phenoxy) is 4. The number of aromatic nitrogens is 1. The van der Waals surface area contributed by atoms with E-state index in [-0.39, 0.29) is 12.2 Å². The molecule has 3 rings (SSSR count). The van der Waals surface area contributed by atoms with Crippen molar-refractivity contribution in [1.29, 1.82) is 0 Å². The summed E-state index contributed by atoms with van der Waals surface area (Å²) in [6.45, 7) is 0.291. The second-order valence-electron chi connectivity index (χ2n) is 7.45. The number of primary sulfonamides is 1. The largest absolute Gasteiger partial charge is 0.489 e. The average Bonchev–Trinajstić information content (AvgIpc) is 2.82. The molecule has 0 saturated heterocycles. The maximum Gasteiger partial charge on any atom is 0.306 e. The van der Waals surface area contributed by atoms with Crippen LogP contribution in [0.2, 0.25) is 0 Å². The van der Waals surface area contributed by atoms with Crippen molar-refractivity contribution in [2.24, 2.45) is 5.14 Å². The SMILES string of the molecule is COC(=O)CC(CS(N)(=O)=O)c1ccc(OCc2cccc(Oc3ccnc(OC)c3)c2)cc1. The smallest absolute Gasteiger partial charge is 0.306 e. The number of benzene rings is 2. The van der Waals surface area contributed by atoms with E-state index in [0.717, 1.165) is 5.56 Å². The maximum absolute atomic E-state index is 11.7. The first kappa shape index (κ1) is 25.0. The predicted octanol–water partition coefficient (Wildman–Crippen LogP) is 3.40. The molecule has 0 amide bonds. The summed E-state index contributed by atoms with van der Waals surface area (Å²) in [7, 11) is -0.985. The first-order valence-electron chi connectivity index (χ1n) is 10.3. The molecule has 0 radical (unpaired) electrons. The van der Waals surface area contributed by atoms with Crippen molar-refractivity contribution in [3.8, 4) is 23.1 Å². The summed E-state index contributed by atoms with van der Waals surface area (Å²) in [5.74, 6) is 0.788. The van der Waals surface area contributed by atoms with Gasteiger partial charge in [0.2, 0.25) is 15.9 Å². The van der Waals surface area contributed by atoms with Crippen LogP contribution in [0.4, 0.5) is 0 Å². The summed E-state index contributed by atoms with van der Waals surface area (Å²) >= 11 is 0. The van der Waals surface area contributed by atoms with Crippen molar-refractivity contribution >= 4 is 16.0 Å². The quantitative estimate of drug-likeness (QED) is 0.409. The third-order valence-electron chi connectivity index (χ3n) is 4.88. The van der Waals surface area contributed by atoms with Crippen molar-refractivity contribution in [3.63, 3.8) is 0 Å². The third kappa shape index (κ3) is 7.75. The number of sulfonamides is 1. The number of esters is 1. The van der Waals surface area contributed by atoms with Gasteiger partial charge in [0.15, 0.2) is 0 Å². The molecule has 0 saturated carbocycles. The number of nitrogens with zero attached hydrogens (tertiary/aromatic N) is 1. The molecule has 1 aromatic heterocycles. The molecular weight excluding hydrogens is 460 g/mol. The van der Waals surface area contributed by atoms with Crippen LogP contribution in [0, 0.1) is 0 Å². The molecule has 1 heterocycles. The molecule has 2 N–H and O–H groups in total. The lowest BCUT2D eigenvalue weighted by Gasteiger charge is -2.16. The summed E-state index contributed by atoms with van der Waals surface area (Å²) in [5, 5.41) is 5.18. The molecule has 9 nitrogen and oxygen atoms in total. The molecule has 180 valence electrons. The van der Waals surface area contributed by atoms with E-state index >= 15 is 0 Å². The minimum atomic E-state index is -3.77. The van der Waals surface area contributed by atoms with Crippen molar-refractivity contribution in [2.45, 2.75) is 18.9 Å². The second kappa shape index (κ2) is 11.5. The van der Waals surface area contributed by atoms with E-state index < -0.39 is 21.9 Å².